The molecule has 8 heteroatoms. The zero-order chi connectivity index (χ0) is 15.3. The highest BCUT2D eigenvalue weighted by atomic mass is 35.5. The van der Waals surface area contributed by atoms with Crippen LogP contribution in [0.25, 0.3) is 0 Å². The molecule has 0 aromatic carbocycles. The van der Waals surface area contributed by atoms with Gasteiger partial charge in [0.2, 0.25) is 10.0 Å². The summed E-state index contributed by atoms with van der Waals surface area (Å²) >= 11 is 8.50. The van der Waals surface area contributed by atoms with E-state index in [1.807, 2.05) is 12.1 Å². The van der Waals surface area contributed by atoms with Gasteiger partial charge in [0.25, 0.3) is 0 Å². The van der Waals surface area contributed by atoms with Crippen LogP contribution in [0.15, 0.2) is 28.5 Å². The molecule has 21 heavy (non-hydrogen) atoms. The quantitative estimate of drug-likeness (QED) is 0.705. The Kier molecular flexibility index (Phi) is 6.21. The molecule has 0 saturated carbocycles. The second kappa shape index (κ2) is 7.71. The predicted octanol–water partition coefficient (Wildman–Crippen LogP) is 3.44. The van der Waals surface area contributed by atoms with E-state index in [9.17, 15) is 8.42 Å². The molecule has 0 spiro atoms. The zero-order valence-corrected chi connectivity index (χ0v) is 14.8. The van der Waals surface area contributed by atoms with Crippen molar-refractivity contribution in [3.8, 4) is 0 Å². The molecule has 0 bridgehead atoms. The average molecular weight is 365 g/mol. The van der Waals surface area contributed by atoms with E-state index in [1.165, 1.54) is 22.7 Å². The molecule has 4 nitrogen and oxygen atoms in total. The number of sulfonamides is 1. The Balaban J connectivity index is 1.95. The SMILES string of the molecule is CCCNCc1ccc(S(=O)(=O)NCc2ccc(Cl)s2)s1. The second-order valence-corrected chi connectivity index (χ2v) is 9.39. The molecule has 2 heterocycles. The van der Waals surface area contributed by atoms with E-state index in [0.29, 0.717) is 15.1 Å². The van der Waals surface area contributed by atoms with Crippen LogP contribution in [0.3, 0.4) is 0 Å². The summed E-state index contributed by atoms with van der Waals surface area (Å²) in [6, 6.07) is 7.09. The Morgan fingerprint density at radius 1 is 1.10 bits per heavy atom. The first-order valence-corrected chi connectivity index (χ1v) is 10.0. The zero-order valence-electron chi connectivity index (χ0n) is 11.6. The molecular weight excluding hydrogens is 348 g/mol. The molecule has 0 atom stereocenters. The van der Waals surface area contributed by atoms with E-state index in [-0.39, 0.29) is 6.54 Å². The van der Waals surface area contributed by atoms with E-state index in [2.05, 4.69) is 17.0 Å². The van der Waals surface area contributed by atoms with Crippen molar-refractivity contribution in [2.24, 2.45) is 0 Å². The van der Waals surface area contributed by atoms with Crippen molar-refractivity contribution in [2.75, 3.05) is 6.54 Å². The van der Waals surface area contributed by atoms with Crippen LogP contribution in [0.2, 0.25) is 4.34 Å². The molecule has 0 unspecified atom stereocenters. The van der Waals surface area contributed by atoms with Gasteiger partial charge in [0, 0.05) is 22.8 Å². The number of hydrogen-bond acceptors (Lipinski definition) is 5. The minimum Gasteiger partial charge on any atom is -0.312 e. The van der Waals surface area contributed by atoms with Gasteiger partial charge in [-0.05, 0) is 37.2 Å². The largest absolute Gasteiger partial charge is 0.312 e. The van der Waals surface area contributed by atoms with Crippen LogP contribution in [0, 0.1) is 0 Å². The van der Waals surface area contributed by atoms with Gasteiger partial charge >= 0.3 is 0 Å². The lowest BCUT2D eigenvalue weighted by Crippen LogP contribution is -2.21. The smallest absolute Gasteiger partial charge is 0.250 e. The van der Waals surface area contributed by atoms with Crippen LogP contribution < -0.4 is 10.0 Å². The number of thiophene rings is 2. The third-order valence-corrected chi connectivity index (χ3v) is 6.90. The molecule has 2 aromatic rings. The van der Waals surface area contributed by atoms with E-state index in [4.69, 9.17) is 11.6 Å². The average Bonchev–Trinajstić information content (AvgIpc) is 3.06. The van der Waals surface area contributed by atoms with Crippen molar-refractivity contribution in [1.29, 1.82) is 0 Å². The maximum atomic E-state index is 12.2. The van der Waals surface area contributed by atoms with Gasteiger partial charge in [0.15, 0.2) is 0 Å². The second-order valence-electron chi connectivity index (χ2n) is 4.43. The third kappa shape index (κ3) is 5.05. The summed E-state index contributed by atoms with van der Waals surface area (Å²) in [5.41, 5.74) is 0. The lowest BCUT2D eigenvalue weighted by atomic mass is 10.4. The van der Waals surface area contributed by atoms with Crippen molar-refractivity contribution in [2.45, 2.75) is 30.6 Å². The summed E-state index contributed by atoms with van der Waals surface area (Å²) < 4.78 is 28.0. The summed E-state index contributed by atoms with van der Waals surface area (Å²) in [7, 11) is -3.45. The summed E-state index contributed by atoms with van der Waals surface area (Å²) in [5, 5.41) is 3.26. The van der Waals surface area contributed by atoms with Crippen molar-refractivity contribution in [3.05, 3.63) is 38.4 Å². The summed E-state index contributed by atoms with van der Waals surface area (Å²) in [6.07, 6.45) is 1.06. The first-order valence-electron chi connectivity index (χ1n) is 6.54. The molecule has 116 valence electrons. The fourth-order valence-corrected chi connectivity index (χ4v) is 5.17. The summed E-state index contributed by atoms with van der Waals surface area (Å²) in [6.45, 7) is 3.99. The van der Waals surface area contributed by atoms with Crippen LogP contribution >= 0.6 is 34.3 Å². The van der Waals surface area contributed by atoms with Crippen molar-refractivity contribution < 1.29 is 8.42 Å². The number of nitrogens with one attached hydrogen (secondary N) is 2. The van der Waals surface area contributed by atoms with E-state index < -0.39 is 10.0 Å². The number of hydrogen-bond donors (Lipinski definition) is 2. The highest BCUT2D eigenvalue weighted by molar-refractivity contribution is 7.91. The highest BCUT2D eigenvalue weighted by Gasteiger charge is 2.16. The van der Waals surface area contributed by atoms with Crippen molar-refractivity contribution in [1.82, 2.24) is 10.0 Å². The highest BCUT2D eigenvalue weighted by Crippen LogP contribution is 2.24. The molecule has 2 rings (SSSR count). The number of halogens is 1. The molecule has 0 saturated heterocycles. The van der Waals surface area contributed by atoms with Gasteiger partial charge in [-0.3, -0.25) is 0 Å². The predicted molar refractivity (Wildman–Crippen MR) is 89.7 cm³/mol. The van der Waals surface area contributed by atoms with Crippen molar-refractivity contribution in [3.63, 3.8) is 0 Å². The normalized spacial score (nSPS) is 11.9. The van der Waals surface area contributed by atoms with Crippen LogP contribution in [-0.2, 0) is 23.1 Å². The Labute approximate surface area is 138 Å². The molecule has 0 aliphatic heterocycles. The molecule has 0 aliphatic rings. The lowest BCUT2D eigenvalue weighted by molar-refractivity contribution is 0.584. The van der Waals surface area contributed by atoms with Gasteiger partial charge in [-0.25, -0.2) is 13.1 Å². The van der Waals surface area contributed by atoms with E-state index in [1.54, 1.807) is 12.1 Å². The maximum Gasteiger partial charge on any atom is 0.250 e. The molecule has 0 radical (unpaired) electrons. The van der Waals surface area contributed by atoms with E-state index >= 15 is 0 Å². The van der Waals surface area contributed by atoms with E-state index in [0.717, 1.165) is 22.7 Å². The molecule has 0 fully saturated rings. The van der Waals surface area contributed by atoms with Crippen LogP contribution in [-0.4, -0.2) is 15.0 Å². The Morgan fingerprint density at radius 2 is 1.81 bits per heavy atom. The van der Waals surface area contributed by atoms with Crippen LogP contribution in [0.1, 0.15) is 23.1 Å². The Morgan fingerprint density at radius 3 is 2.48 bits per heavy atom. The summed E-state index contributed by atoms with van der Waals surface area (Å²) in [5.74, 6) is 0. The third-order valence-electron chi connectivity index (χ3n) is 2.69. The number of rotatable bonds is 8. The van der Waals surface area contributed by atoms with Crippen LogP contribution in [0.5, 0.6) is 0 Å². The van der Waals surface area contributed by atoms with Gasteiger partial charge in [-0.15, -0.1) is 22.7 Å². The van der Waals surface area contributed by atoms with Gasteiger partial charge in [0.1, 0.15) is 4.21 Å². The standard InChI is InChI=1S/C13H17ClN2O2S3/c1-2-7-15-8-10-4-6-13(20-10)21(17,18)16-9-11-3-5-12(14)19-11/h3-6,15-16H,2,7-9H2,1H3. The minimum absolute atomic E-state index is 0.265. The fraction of sp³-hybridized carbons (Fsp3) is 0.385. The Bertz CT molecular complexity index is 679. The van der Waals surface area contributed by atoms with Gasteiger partial charge in [0.05, 0.1) is 4.34 Å². The van der Waals surface area contributed by atoms with Crippen LogP contribution in [0.4, 0.5) is 0 Å². The Hall–Kier alpha value is -0.440. The fourth-order valence-electron chi connectivity index (χ4n) is 1.67. The molecule has 2 N–H and O–H groups in total. The van der Waals surface area contributed by atoms with Gasteiger partial charge < -0.3 is 5.32 Å². The monoisotopic (exact) mass is 364 g/mol. The molecular formula is C13H17ClN2O2S3. The first kappa shape index (κ1) is 16.9. The first-order chi connectivity index (χ1) is 10.0. The topological polar surface area (TPSA) is 58.2 Å². The minimum atomic E-state index is -3.45. The maximum absolute atomic E-state index is 12.2. The molecule has 0 amide bonds. The van der Waals surface area contributed by atoms with Gasteiger partial charge in [-0.2, -0.15) is 0 Å². The molecule has 0 aliphatic carbocycles. The molecule has 2 aromatic heterocycles. The summed E-state index contributed by atoms with van der Waals surface area (Å²) in [4.78, 5) is 1.91. The van der Waals surface area contributed by atoms with Crippen molar-refractivity contribution >= 4 is 44.3 Å². The lowest BCUT2D eigenvalue weighted by Gasteiger charge is -2.03. The van der Waals surface area contributed by atoms with Gasteiger partial charge in [-0.1, -0.05) is 18.5 Å².